The normalized spacial score (nSPS) is 24.5. The summed E-state index contributed by atoms with van der Waals surface area (Å²) in [7, 11) is 0. The Bertz CT molecular complexity index is 936. The SMILES string of the molecule is O=C(C1=NN[C@H](c2ccccc2)C1)C1CCN(c2nccc(C3COCCN3)n2)CC1. The van der Waals surface area contributed by atoms with Crippen molar-refractivity contribution in [3.05, 3.63) is 53.9 Å². The van der Waals surface area contributed by atoms with Crippen LogP contribution >= 0.6 is 0 Å². The Morgan fingerprint density at radius 2 is 1.94 bits per heavy atom. The van der Waals surface area contributed by atoms with Crippen LogP contribution in [0.1, 0.15) is 42.6 Å². The van der Waals surface area contributed by atoms with E-state index in [2.05, 4.69) is 37.9 Å². The maximum Gasteiger partial charge on any atom is 0.225 e. The molecule has 8 heteroatoms. The largest absolute Gasteiger partial charge is 0.378 e. The molecule has 5 rings (SSSR count). The molecule has 2 aromatic rings. The number of hydrazone groups is 1. The average Bonchev–Trinajstić information content (AvgIpc) is 3.35. The highest BCUT2D eigenvalue weighted by Gasteiger charge is 2.32. The van der Waals surface area contributed by atoms with Gasteiger partial charge in [0.1, 0.15) is 5.71 Å². The van der Waals surface area contributed by atoms with Crippen molar-refractivity contribution in [1.29, 1.82) is 0 Å². The fraction of sp³-hybridized carbons (Fsp3) is 0.478. The van der Waals surface area contributed by atoms with Gasteiger partial charge in [0.25, 0.3) is 0 Å². The predicted molar refractivity (Wildman–Crippen MR) is 118 cm³/mol. The summed E-state index contributed by atoms with van der Waals surface area (Å²) in [5.41, 5.74) is 5.94. The number of rotatable bonds is 5. The third kappa shape index (κ3) is 4.45. The molecule has 2 N–H and O–H groups in total. The Kier molecular flexibility index (Phi) is 5.90. The standard InChI is InChI=1S/C23H28N6O2/c30-22(20-14-19(27-28-20)16-4-2-1-3-5-16)17-7-11-29(12-8-17)23-25-9-6-18(26-23)21-15-31-13-10-24-21/h1-6,9,17,19,21,24,27H,7-8,10-15H2/t19-,21?/m0/s1. The molecule has 3 aliphatic heterocycles. The van der Waals surface area contributed by atoms with Crippen LogP contribution in [0.5, 0.6) is 0 Å². The number of morpholine rings is 1. The maximum absolute atomic E-state index is 13.0. The minimum absolute atomic E-state index is 0.0166. The molecule has 0 bridgehead atoms. The summed E-state index contributed by atoms with van der Waals surface area (Å²) in [4.78, 5) is 24.5. The second-order valence-corrected chi connectivity index (χ2v) is 8.34. The van der Waals surface area contributed by atoms with Gasteiger partial charge >= 0.3 is 0 Å². The van der Waals surface area contributed by atoms with Gasteiger partial charge in [-0.2, -0.15) is 5.10 Å². The Balaban J connectivity index is 1.17. The minimum Gasteiger partial charge on any atom is -0.378 e. The lowest BCUT2D eigenvalue weighted by molar-refractivity contribution is -0.117. The number of benzene rings is 1. The number of anilines is 1. The smallest absolute Gasteiger partial charge is 0.225 e. The van der Waals surface area contributed by atoms with Crippen LogP contribution in [-0.4, -0.2) is 54.3 Å². The van der Waals surface area contributed by atoms with Crippen molar-refractivity contribution < 1.29 is 9.53 Å². The summed E-state index contributed by atoms with van der Waals surface area (Å²) < 4.78 is 5.56. The van der Waals surface area contributed by atoms with Crippen LogP contribution < -0.4 is 15.6 Å². The first kappa shape index (κ1) is 20.1. The quantitative estimate of drug-likeness (QED) is 0.765. The van der Waals surface area contributed by atoms with Crippen LogP contribution in [0.4, 0.5) is 5.95 Å². The summed E-state index contributed by atoms with van der Waals surface area (Å²) in [5, 5.41) is 7.81. The second-order valence-electron chi connectivity index (χ2n) is 8.34. The molecule has 0 aliphatic carbocycles. The number of nitrogens with zero attached hydrogens (tertiary/aromatic N) is 4. The first-order valence-electron chi connectivity index (χ1n) is 11.1. The van der Waals surface area contributed by atoms with Crippen molar-refractivity contribution in [3.8, 4) is 0 Å². The highest BCUT2D eigenvalue weighted by atomic mass is 16.5. The van der Waals surface area contributed by atoms with Crippen molar-refractivity contribution in [2.45, 2.75) is 31.3 Å². The first-order chi connectivity index (χ1) is 15.3. The van der Waals surface area contributed by atoms with Crippen molar-refractivity contribution in [2.24, 2.45) is 11.0 Å². The van der Waals surface area contributed by atoms with Gasteiger partial charge in [-0.05, 0) is 24.5 Å². The molecule has 31 heavy (non-hydrogen) atoms. The molecule has 162 valence electrons. The van der Waals surface area contributed by atoms with Gasteiger partial charge in [-0.3, -0.25) is 4.79 Å². The fourth-order valence-electron chi connectivity index (χ4n) is 4.51. The molecule has 2 fully saturated rings. The lowest BCUT2D eigenvalue weighted by Gasteiger charge is -2.32. The van der Waals surface area contributed by atoms with Crippen LogP contribution in [0.25, 0.3) is 0 Å². The molecule has 0 amide bonds. The van der Waals surface area contributed by atoms with E-state index in [0.29, 0.717) is 18.7 Å². The summed E-state index contributed by atoms with van der Waals surface area (Å²) in [6.07, 6.45) is 4.07. The molecule has 1 aromatic carbocycles. The number of ketones is 1. The van der Waals surface area contributed by atoms with Gasteiger partial charge in [-0.15, -0.1) is 0 Å². The van der Waals surface area contributed by atoms with Crippen LogP contribution in [-0.2, 0) is 9.53 Å². The van der Waals surface area contributed by atoms with E-state index in [4.69, 9.17) is 9.72 Å². The number of hydrogen-bond donors (Lipinski definition) is 2. The van der Waals surface area contributed by atoms with Crippen LogP contribution in [0.15, 0.2) is 47.7 Å². The van der Waals surface area contributed by atoms with E-state index in [1.165, 1.54) is 5.56 Å². The molecule has 2 atom stereocenters. The number of piperidine rings is 1. The number of aromatic nitrogens is 2. The van der Waals surface area contributed by atoms with E-state index < -0.39 is 0 Å². The van der Waals surface area contributed by atoms with Gasteiger partial charge < -0.3 is 20.4 Å². The molecule has 3 aliphatic rings. The Morgan fingerprint density at radius 1 is 1.10 bits per heavy atom. The molecule has 2 saturated heterocycles. The number of ether oxygens (including phenoxy) is 1. The van der Waals surface area contributed by atoms with Crippen LogP contribution in [0.2, 0.25) is 0 Å². The van der Waals surface area contributed by atoms with Crippen molar-refractivity contribution in [2.75, 3.05) is 37.7 Å². The zero-order chi connectivity index (χ0) is 21.0. The average molecular weight is 421 g/mol. The summed E-state index contributed by atoms with van der Waals surface area (Å²) in [6.45, 7) is 3.76. The fourth-order valence-corrected chi connectivity index (χ4v) is 4.51. The number of hydrogen-bond acceptors (Lipinski definition) is 8. The lowest BCUT2D eigenvalue weighted by Crippen LogP contribution is -2.39. The lowest BCUT2D eigenvalue weighted by atomic mass is 9.88. The van der Waals surface area contributed by atoms with Crippen molar-refractivity contribution in [3.63, 3.8) is 0 Å². The van der Waals surface area contributed by atoms with Gasteiger partial charge in [-0.25, -0.2) is 9.97 Å². The Morgan fingerprint density at radius 3 is 2.71 bits per heavy atom. The minimum atomic E-state index is 0.0166. The van der Waals surface area contributed by atoms with E-state index in [0.717, 1.165) is 50.7 Å². The molecule has 0 spiro atoms. The van der Waals surface area contributed by atoms with E-state index in [9.17, 15) is 4.79 Å². The summed E-state index contributed by atoms with van der Waals surface area (Å²) >= 11 is 0. The first-order valence-corrected chi connectivity index (χ1v) is 11.1. The van der Waals surface area contributed by atoms with Gasteiger partial charge in [-0.1, -0.05) is 30.3 Å². The monoisotopic (exact) mass is 420 g/mol. The second kappa shape index (κ2) is 9.11. The maximum atomic E-state index is 13.0. The topological polar surface area (TPSA) is 91.7 Å². The van der Waals surface area contributed by atoms with Crippen molar-refractivity contribution in [1.82, 2.24) is 20.7 Å². The predicted octanol–water partition coefficient (Wildman–Crippen LogP) is 2.01. The van der Waals surface area contributed by atoms with E-state index in [-0.39, 0.29) is 23.8 Å². The number of carbonyl (C=O) groups excluding carboxylic acids is 1. The van der Waals surface area contributed by atoms with Gasteiger partial charge in [0.15, 0.2) is 5.78 Å². The van der Waals surface area contributed by atoms with Crippen LogP contribution in [0.3, 0.4) is 0 Å². The number of nitrogens with one attached hydrogen (secondary N) is 2. The molecule has 4 heterocycles. The Labute approximate surface area is 182 Å². The van der Waals surface area contributed by atoms with Gasteiger partial charge in [0.2, 0.25) is 5.95 Å². The van der Waals surface area contributed by atoms with E-state index in [1.54, 1.807) is 0 Å². The zero-order valence-electron chi connectivity index (χ0n) is 17.5. The van der Waals surface area contributed by atoms with Gasteiger partial charge in [0.05, 0.1) is 31.0 Å². The van der Waals surface area contributed by atoms with Crippen LogP contribution in [0, 0.1) is 5.92 Å². The molecule has 1 unspecified atom stereocenters. The third-order valence-corrected chi connectivity index (χ3v) is 6.33. The number of Topliss-reactive ketones (excluding diaryl/α,β-unsaturated/α-hetero) is 1. The molecule has 0 saturated carbocycles. The molecular weight excluding hydrogens is 392 g/mol. The highest BCUT2D eigenvalue weighted by molar-refractivity contribution is 6.41. The molecule has 0 radical (unpaired) electrons. The van der Waals surface area contributed by atoms with Crippen molar-refractivity contribution >= 4 is 17.4 Å². The highest BCUT2D eigenvalue weighted by Crippen LogP contribution is 2.27. The zero-order valence-corrected chi connectivity index (χ0v) is 17.5. The number of carbonyl (C=O) groups is 1. The van der Waals surface area contributed by atoms with E-state index in [1.807, 2.05) is 30.5 Å². The summed E-state index contributed by atoms with van der Waals surface area (Å²) in [5.74, 6) is 0.937. The molecular formula is C23H28N6O2. The molecule has 8 nitrogen and oxygen atoms in total. The van der Waals surface area contributed by atoms with E-state index >= 15 is 0 Å². The summed E-state index contributed by atoms with van der Waals surface area (Å²) in [6, 6.07) is 12.3. The Hall–Kier alpha value is -2.84. The van der Waals surface area contributed by atoms with Gasteiger partial charge in [0, 0.05) is 38.2 Å². The molecule has 1 aromatic heterocycles. The third-order valence-electron chi connectivity index (χ3n) is 6.33.